The predicted molar refractivity (Wildman–Crippen MR) is 80.7 cm³/mol. The number of ether oxygens (including phenoxy) is 1. The second kappa shape index (κ2) is 4.45. The summed E-state index contributed by atoms with van der Waals surface area (Å²) in [5.41, 5.74) is 0.534. The molecule has 0 radical (unpaired) electrons. The number of fused-ring (bicyclic) bond motifs is 2. The Morgan fingerprint density at radius 2 is 1.67 bits per heavy atom. The van der Waals surface area contributed by atoms with Crippen molar-refractivity contribution in [3.63, 3.8) is 0 Å². The number of hydrogen-bond donors (Lipinski definition) is 0. The standard InChI is InChI=1S/C18H25FNO/c1-18(9-10-18)20(2)14-5-6-15(20)12-17(11-14)21-16-7-3-13(19)4-8-16/h3-4,7-8,14-15,17H,5-6,9-12H2,1-2H3/q+1. The first-order valence-electron chi connectivity index (χ1n) is 8.29. The van der Waals surface area contributed by atoms with Gasteiger partial charge in [0.05, 0.1) is 24.7 Å². The Labute approximate surface area is 126 Å². The molecule has 2 atom stereocenters. The van der Waals surface area contributed by atoms with Crippen molar-refractivity contribution in [2.45, 2.75) is 69.2 Å². The molecular formula is C18H25FNO+. The number of rotatable bonds is 3. The normalized spacial score (nSPS) is 40.0. The number of nitrogens with zero attached hydrogens (tertiary/aromatic N) is 1. The monoisotopic (exact) mass is 290 g/mol. The molecule has 0 spiro atoms. The van der Waals surface area contributed by atoms with Gasteiger partial charge in [-0.2, -0.15) is 0 Å². The second-order valence-corrected chi connectivity index (χ2v) is 7.69. The lowest BCUT2D eigenvalue weighted by atomic mass is 9.93. The van der Waals surface area contributed by atoms with Gasteiger partial charge >= 0.3 is 0 Å². The topological polar surface area (TPSA) is 9.23 Å². The third kappa shape index (κ3) is 2.01. The summed E-state index contributed by atoms with van der Waals surface area (Å²) in [6.45, 7) is 2.47. The third-order valence-electron chi connectivity index (χ3n) is 6.67. The molecule has 2 bridgehead atoms. The average Bonchev–Trinajstić information content (AvgIpc) is 3.19. The Bertz CT molecular complexity index is 523. The van der Waals surface area contributed by atoms with E-state index in [1.165, 1.54) is 42.3 Å². The maximum absolute atomic E-state index is 13.0. The van der Waals surface area contributed by atoms with Gasteiger partial charge in [-0.3, -0.25) is 0 Å². The SMILES string of the molecule is CC1([N+]2(C)C3CCC2CC(Oc2ccc(F)cc2)C3)CC1. The molecule has 21 heavy (non-hydrogen) atoms. The highest BCUT2D eigenvalue weighted by Crippen LogP contribution is 2.56. The Kier molecular flexibility index (Phi) is 2.88. The largest absolute Gasteiger partial charge is 0.490 e. The van der Waals surface area contributed by atoms with Crippen molar-refractivity contribution in [3.8, 4) is 5.75 Å². The fourth-order valence-electron chi connectivity index (χ4n) is 4.94. The molecule has 1 aliphatic carbocycles. The molecular weight excluding hydrogens is 265 g/mol. The minimum atomic E-state index is -0.197. The van der Waals surface area contributed by atoms with E-state index in [0.29, 0.717) is 11.6 Å². The van der Waals surface area contributed by atoms with Crippen LogP contribution in [0.25, 0.3) is 0 Å². The van der Waals surface area contributed by atoms with Crippen LogP contribution in [0.15, 0.2) is 24.3 Å². The van der Waals surface area contributed by atoms with Crippen LogP contribution >= 0.6 is 0 Å². The van der Waals surface area contributed by atoms with Crippen LogP contribution in [0, 0.1) is 5.82 Å². The maximum Gasteiger partial charge on any atom is 0.123 e. The fraction of sp³-hybridized carbons (Fsp3) is 0.667. The lowest BCUT2D eigenvalue weighted by Crippen LogP contribution is -2.64. The molecule has 3 heteroatoms. The van der Waals surface area contributed by atoms with E-state index in [9.17, 15) is 4.39 Å². The fourth-order valence-corrected chi connectivity index (χ4v) is 4.94. The van der Waals surface area contributed by atoms with Crippen LogP contribution in [0.1, 0.15) is 45.4 Å². The Morgan fingerprint density at radius 1 is 1.10 bits per heavy atom. The number of halogens is 1. The Morgan fingerprint density at radius 3 is 2.19 bits per heavy atom. The van der Waals surface area contributed by atoms with Crippen molar-refractivity contribution < 1.29 is 13.6 Å². The summed E-state index contributed by atoms with van der Waals surface area (Å²) < 4.78 is 20.4. The number of piperidine rings is 1. The van der Waals surface area contributed by atoms with Crippen LogP contribution in [0.4, 0.5) is 4.39 Å². The van der Waals surface area contributed by atoms with Crippen LogP contribution in [0.5, 0.6) is 5.75 Å². The Hall–Kier alpha value is -1.09. The van der Waals surface area contributed by atoms with Crippen molar-refractivity contribution in [2.24, 2.45) is 0 Å². The van der Waals surface area contributed by atoms with Crippen LogP contribution < -0.4 is 4.74 Å². The highest BCUT2D eigenvalue weighted by Gasteiger charge is 2.65. The number of quaternary nitrogens is 1. The molecule has 1 aromatic carbocycles. The molecule has 114 valence electrons. The second-order valence-electron chi connectivity index (χ2n) is 7.69. The zero-order valence-electron chi connectivity index (χ0n) is 13.0. The molecule has 1 aromatic rings. The first-order chi connectivity index (χ1) is 10.0. The summed E-state index contributed by atoms with van der Waals surface area (Å²) in [6.07, 6.45) is 8.08. The summed E-state index contributed by atoms with van der Waals surface area (Å²) in [6, 6.07) is 7.98. The first kappa shape index (κ1) is 13.6. The first-order valence-corrected chi connectivity index (χ1v) is 8.29. The van der Waals surface area contributed by atoms with Gasteiger partial charge < -0.3 is 9.22 Å². The molecule has 2 unspecified atom stereocenters. The van der Waals surface area contributed by atoms with Crippen molar-refractivity contribution in [1.29, 1.82) is 0 Å². The van der Waals surface area contributed by atoms with Crippen LogP contribution in [-0.2, 0) is 0 Å². The van der Waals surface area contributed by atoms with Crippen molar-refractivity contribution >= 4 is 0 Å². The molecule has 1 saturated carbocycles. The zero-order valence-corrected chi connectivity index (χ0v) is 13.0. The smallest absolute Gasteiger partial charge is 0.123 e. The van der Waals surface area contributed by atoms with E-state index < -0.39 is 0 Å². The van der Waals surface area contributed by atoms with E-state index in [1.807, 2.05) is 0 Å². The summed E-state index contributed by atoms with van der Waals surface area (Å²) in [7, 11) is 2.49. The van der Waals surface area contributed by atoms with Gasteiger partial charge in [0.2, 0.25) is 0 Å². The van der Waals surface area contributed by atoms with Gasteiger partial charge in [0, 0.05) is 38.5 Å². The lowest BCUT2D eigenvalue weighted by molar-refractivity contribution is -0.979. The maximum atomic E-state index is 13.0. The van der Waals surface area contributed by atoms with Gasteiger partial charge in [0.25, 0.3) is 0 Å². The molecule has 2 heterocycles. The van der Waals surface area contributed by atoms with E-state index in [0.717, 1.165) is 30.7 Å². The molecule has 2 saturated heterocycles. The molecule has 0 N–H and O–H groups in total. The molecule has 4 rings (SSSR count). The zero-order chi connectivity index (χ0) is 14.7. The highest BCUT2D eigenvalue weighted by molar-refractivity contribution is 5.22. The van der Waals surface area contributed by atoms with Crippen molar-refractivity contribution in [3.05, 3.63) is 30.1 Å². The summed E-state index contributed by atoms with van der Waals surface area (Å²) in [5.74, 6) is 0.617. The van der Waals surface area contributed by atoms with E-state index in [2.05, 4.69) is 14.0 Å². The Balaban J connectivity index is 1.49. The molecule has 0 aromatic heterocycles. The van der Waals surface area contributed by atoms with E-state index >= 15 is 0 Å². The minimum Gasteiger partial charge on any atom is -0.490 e. The van der Waals surface area contributed by atoms with Gasteiger partial charge in [-0.05, 0) is 31.2 Å². The molecule has 2 aliphatic heterocycles. The summed E-state index contributed by atoms with van der Waals surface area (Å²) >= 11 is 0. The summed E-state index contributed by atoms with van der Waals surface area (Å²) in [5, 5.41) is 0. The quantitative estimate of drug-likeness (QED) is 0.767. The van der Waals surface area contributed by atoms with Crippen molar-refractivity contribution in [2.75, 3.05) is 7.05 Å². The lowest BCUT2D eigenvalue weighted by Gasteiger charge is -2.51. The van der Waals surface area contributed by atoms with E-state index in [4.69, 9.17) is 4.74 Å². The van der Waals surface area contributed by atoms with Crippen LogP contribution in [0.3, 0.4) is 0 Å². The van der Waals surface area contributed by atoms with Crippen LogP contribution in [0.2, 0.25) is 0 Å². The van der Waals surface area contributed by atoms with Gasteiger partial charge in [-0.1, -0.05) is 0 Å². The molecule has 0 amide bonds. The molecule has 3 aliphatic rings. The van der Waals surface area contributed by atoms with Gasteiger partial charge in [-0.25, -0.2) is 4.39 Å². The van der Waals surface area contributed by atoms with Crippen LogP contribution in [-0.4, -0.2) is 35.3 Å². The van der Waals surface area contributed by atoms with E-state index in [1.54, 1.807) is 12.1 Å². The van der Waals surface area contributed by atoms with E-state index in [-0.39, 0.29) is 5.82 Å². The third-order valence-corrected chi connectivity index (χ3v) is 6.67. The van der Waals surface area contributed by atoms with Gasteiger partial charge in [-0.15, -0.1) is 0 Å². The predicted octanol–water partition coefficient (Wildman–Crippen LogP) is 3.90. The van der Waals surface area contributed by atoms with Gasteiger partial charge in [0.1, 0.15) is 17.7 Å². The number of hydrogen-bond acceptors (Lipinski definition) is 1. The minimum absolute atomic E-state index is 0.197. The average molecular weight is 290 g/mol. The summed E-state index contributed by atoms with van der Waals surface area (Å²) in [4.78, 5) is 0. The van der Waals surface area contributed by atoms with Gasteiger partial charge in [0.15, 0.2) is 0 Å². The van der Waals surface area contributed by atoms with Crippen molar-refractivity contribution in [1.82, 2.24) is 0 Å². The highest BCUT2D eigenvalue weighted by atomic mass is 19.1. The molecule has 3 fully saturated rings. The number of benzene rings is 1. The molecule has 2 nitrogen and oxygen atoms in total.